The Kier molecular flexibility index (Phi) is 15.7. The number of pyridine rings is 1. The Hall–Kier alpha value is -6.11. The minimum atomic E-state index is -2.03. The molecule has 3 aromatic heterocycles. The number of hydrogen-bond acceptors (Lipinski definition) is 3. The molecule has 0 amide bonds. The first-order valence-electron chi connectivity index (χ1n) is 28.4. The maximum Gasteiger partial charge on any atom is 0 e. The van der Waals surface area contributed by atoms with Gasteiger partial charge in [-0.2, -0.15) is 0 Å². The first-order chi connectivity index (χ1) is 36.9. The molecular weight excluding hydrogens is 1190 g/mol. The molecule has 78 heavy (non-hydrogen) atoms. The van der Waals surface area contributed by atoms with Gasteiger partial charge in [-0.05, 0) is 108 Å². The zero-order valence-corrected chi connectivity index (χ0v) is 53.2. The summed E-state index contributed by atoms with van der Waals surface area (Å²) in [6.45, 7) is 29.3. The van der Waals surface area contributed by atoms with E-state index in [2.05, 4.69) is 230 Å². The number of benzene rings is 8. The molecule has 0 atom stereocenters. The number of rotatable bonds is 10. The fourth-order valence-electron chi connectivity index (χ4n) is 11.4. The summed E-state index contributed by atoms with van der Waals surface area (Å²) in [6.07, 6.45) is 2.00. The van der Waals surface area contributed by atoms with Gasteiger partial charge in [-0.1, -0.05) is 172 Å². The van der Waals surface area contributed by atoms with E-state index in [1.165, 1.54) is 65.0 Å². The molecule has 0 aliphatic carbocycles. The van der Waals surface area contributed by atoms with Gasteiger partial charge in [-0.25, -0.2) is 0 Å². The standard InChI is InChI=1S/C55H55N2O.C17H22GeN.Ir/c1-31(2)38-19-16-20-39(32(3)4)50(38)41-25-26-42(53-51(41)46-27-36-24-23-35-17-12-13-18-40(35)45(36)30-49(46)58-53)54-56-47-21-14-15-22-48(47)57(54)52-43(33(5)6)28-37(55(9,10)11)29-44(52)34(7)8;1-13(2)15-11-17(14-9-7-6-8-10-14)19-12-16(15)18(3,4)5;/h12-25,27-34H,1-11H3;6-9,11-13H,1-5H3;/q2*-1;/i;13D;. The van der Waals surface area contributed by atoms with Gasteiger partial charge in [0.15, 0.2) is 0 Å². The van der Waals surface area contributed by atoms with Crippen LogP contribution in [0.3, 0.4) is 0 Å². The molecule has 0 aliphatic heterocycles. The van der Waals surface area contributed by atoms with Gasteiger partial charge < -0.3 is 8.98 Å². The van der Waals surface area contributed by atoms with Crippen molar-refractivity contribution < 1.29 is 25.9 Å². The summed E-state index contributed by atoms with van der Waals surface area (Å²) in [6, 6.07) is 57.3. The molecule has 0 aliphatic rings. The largest absolute Gasteiger partial charge is 0 e. The predicted octanol–water partition coefficient (Wildman–Crippen LogP) is 20.4. The van der Waals surface area contributed by atoms with E-state index in [9.17, 15) is 0 Å². The molecule has 4 nitrogen and oxygen atoms in total. The number of imidazole rings is 1. The molecule has 1 radical (unpaired) electrons. The molecule has 0 saturated carbocycles. The third-order valence-electron chi connectivity index (χ3n) is 15.6. The Morgan fingerprint density at radius 2 is 1.24 bits per heavy atom. The van der Waals surface area contributed by atoms with Gasteiger partial charge >= 0.3 is 120 Å². The summed E-state index contributed by atoms with van der Waals surface area (Å²) >= 11 is -2.03. The molecule has 401 valence electrons. The Labute approximate surface area is 482 Å². The fourth-order valence-corrected chi connectivity index (χ4v) is 14.7. The van der Waals surface area contributed by atoms with Crippen LogP contribution < -0.4 is 4.40 Å². The molecule has 0 spiro atoms. The molecule has 0 saturated heterocycles. The summed E-state index contributed by atoms with van der Waals surface area (Å²) in [5.74, 6) is 8.52. The van der Waals surface area contributed by atoms with E-state index in [1.54, 1.807) is 0 Å². The van der Waals surface area contributed by atoms with Crippen molar-refractivity contribution in [1.82, 2.24) is 14.5 Å². The van der Waals surface area contributed by atoms with Gasteiger partial charge in [-0.3, -0.25) is 4.98 Å². The van der Waals surface area contributed by atoms with Crippen molar-refractivity contribution >= 4 is 72.2 Å². The van der Waals surface area contributed by atoms with Gasteiger partial charge in [0.05, 0.1) is 22.4 Å². The van der Waals surface area contributed by atoms with Gasteiger partial charge in [0, 0.05) is 31.2 Å². The van der Waals surface area contributed by atoms with E-state index < -0.39 is 19.2 Å². The molecule has 3 heterocycles. The van der Waals surface area contributed by atoms with Gasteiger partial charge in [0.1, 0.15) is 5.58 Å². The predicted molar refractivity (Wildman–Crippen MR) is 334 cm³/mol. The molecule has 0 unspecified atom stereocenters. The summed E-state index contributed by atoms with van der Waals surface area (Å²) in [5.41, 5.74) is 18.0. The zero-order chi connectivity index (χ0) is 55.7. The number of fused-ring (bicyclic) bond motifs is 7. The summed E-state index contributed by atoms with van der Waals surface area (Å²) in [7, 11) is 0. The second-order valence-electron chi connectivity index (χ2n) is 24.8. The first-order valence-corrected chi connectivity index (χ1v) is 35.3. The average Bonchev–Trinajstić information content (AvgIpc) is 4.23. The maximum atomic E-state index is 8.44. The Balaban J connectivity index is 0.000000304. The number of aromatic nitrogens is 3. The third-order valence-corrected chi connectivity index (χ3v) is 19.8. The van der Waals surface area contributed by atoms with Crippen molar-refractivity contribution in [2.24, 2.45) is 0 Å². The average molecular weight is 1270 g/mol. The quantitative estimate of drug-likeness (QED) is 0.0779. The van der Waals surface area contributed by atoms with Gasteiger partial charge in [-0.15, -0.1) is 12.1 Å². The van der Waals surface area contributed by atoms with E-state index in [0.717, 1.165) is 66.7 Å². The Morgan fingerprint density at radius 3 is 1.86 bits per heavy atom. The van der Waals surface area contributed by atoms with E-state index in [-0.39, 0.29) is 37.4 Å². The summed E-state index contributed by atoms with van der Waals surface area (Å²) in [5, 5.41) is 7.06. The SMILES string of the molecule is CC(C)c1cccc(C(C)C)c1-c1c[c-]c(-c2nc3ccccc3n2-c2c(C(C)C)cc(C(C)(C)C)cc2C(C)C)c2oc3cc4c(ccc5ccccc54)cc3c12.[2H]C(C)(C)c1cc(-c2[c-]cccc2)nc[c]1[Ge]([CH3])([CH3])[CH3].[Ir]. The first kappa shape index (κ1) is 55.2. The van der Waals surface area contributed by atoms with Crippen LogP contribution in [0.5, 0.6) is 0 Å². The molecular formula is C72H77GeIrN3O-2. The summed E-state index contributed by atoms with van der Waals surface area (Å²) in [4.78, 5) is 10.1. The van der Waals surface area contributed by atoms with Crippen molar-refractivity contribution in [3.05, 3.63) is 191 Å². The van der Waals surface area contributed by atoms with Crippen molar-refractivity contribution in [1.29, 1.82) is 0 Å². The number of para-hydroxylation sites is 2. The van der Waals surface area contributed by atoms with Crippen molar-refractivity contribution in [2.45, 2.75) is 142 Å². The fraction of sp³-hybridized carbons (Fsp3) is 0.306. The van der Waals surface area contributed by atoms with Crippen LogP contribution in [0.1, 0.15) is 154 Å². The van der Waals surface area contributed by atoms with Crippen LogP contribution in [-0.2, 0) is 25.5 Å². The molecule has 11 rings (SSSR count). The van der Waals surface area contributed by atoms with Crippen LogP contribution in [0.2, 0.25) is 17.3 Å². The van der Waals surface area contributed by atoms with E-state index in [4.69, 9.17) is 10.8 Å². The van der Waals surface area contributed by atoms with Gasteiger partial charge in [0.2, 0.25) is 0 Å². The van der Waals surface area contributed by atoms with E-state index in [1.807, 2.05) is 44.3 Å². The minimum Gasteiger partial charge on any atom is 0 e. The van der Waals surface area contributed by atoms with Crippen LogP contribution in [0.15, 0.2) is 150 Å². The number of nitrogens with zero attached hydrogens (tertiary/aromatic N) is 3. The second kappa shape index (κ2) is 22.2. The minimum absolute atomic E-state index is 0. The maximum absolute atomic E-state index is 8.44. The molecule has 6 heteroatoms. The molecule has 11 aromatic rings. The van der Waals surface area contributed by atoms with E-state index in [0.29, 0.717) is 11.8 Å². The van der Waals surface area contributed by atoms with Crippen molar-refractivity contribution in [3.8, 4) is 39.5 Å². The zero-order valence-electron chi connectivity index (χ0n) is 49.7. The van der Waals surface area contributed by atoms with Crippen LogP contribution in [-0.4, -0.2) is 27.8 Å². The molecule has 0 fully saturated rings. The normalized spacial score (nSPS) is 12.6. The van der Waals surface area contributed by atoms with Crippen molar-refractivity contribution in [2.75, 3.05) is 0 Å². The van der Waals surface area contributed by atoms with Gasteiger partial charge in [0.25, 0.3) is 0 Å². The van der Waals surface area contributed by atoms with Crippen molar-refractivity contribution in [3.63, 3.8) is 0 Å². The van der Waals surface area contributed by atoms with Crippen LogP contribution in [0, 0.1) is 12.1 Å². The topological polar surface area (TPSA) is 43.9 Å². The Bertz CT molecular complexity index is 3990. The third kappa shape index (κ3) is 10.6. The second-order valence-corrected chi connectivity index (χ2v) is 35.4. The molecule has 8 aromatic carbocycles. The van der Waals surface area contributed by atoms with Crippen LogP contribution >= 0.6 is 0 Å². The summed E-state index contributed by atoms with van der Waals surface area (Å²) < 4.78 is 19.5. The molecule has 0 N–H and O–H groups in total. The molecule has 0 bridgehead atoms. The number of hydrogen-bond donors (Lipinski definition) is 0. The van der Waals surface area contributed by atoms with Crippen LogP contribution in [0.25, 0.3) is 94.0 Å². The van der Waals surface area contributed by atoms with Crippen LogP contribution in [0.4, 0.5) is 0 Å². The smallest absolute Gasteiger partial charge is 0 e. The van der Waals surface area contributed by atoms with E-state index >= 15 is 0 Å². The monoisotopic (exact) mass is 1270 g/mol. The Morgan fingerprint density at radius 1 is 0.615 bits per heavy atom. The number of furan rings is 1.